The van der Waals surface area contributed by atoms with Gasteiger partial charge in [0, 0.05) is 24.3 Å². The molecule has 0 aliphatic carbocycles. The third kappa shape index (κ3) is 3.39. The monoisotopic (exact) mass is 296 g/mol. The summed E-state index contributed by atoms with van der Waals surface area (Å²) in [4.78, 5) is 12.1. The Bertz CT molecular complexity index is 665. The molecule has 0 saturated carbocycles. The quantitative estimate of drug-likeness (QED) is 0.890. The van der Waals surface area contributed by atoms with Gasteiger partial charge in [-0.1, -0.05) is 12.1 Å². The highest BCUT2D eigenvalue weighted by Crippen LogP contribution is 2.25. The predicted octanol–water partition coefficient (Wildman–Crippen LogP) is 3.23. The highest BCUT2D eigenvalue weighted by atomic mass is 16.5. The molecule has 0 saturated heterocycles. The second-order valence-corrected chi connectivity index (χ2v) is 5.44. The van der Waals surface area contributed by atoms with E-state index in [1.54, 1.807) is 7.11 Å². The molecule has 2 aromatic rings. The minimum atomic E-state index is 0.0433. The van der Waals surface area contributed by atoms with E-state index >= 15 is 0 Å². The Morgan fingerprint density at radius 2 is 2.05 bits per heavy atom. The molecule has 0 spiro atoms. The summed E-state index contributed by atoms with van der Waals surface area (Å²) in [5.41, 5.74) is 4.46. The lowest BCUT2D eigenvalue weighted by Crippen LogP contribution is -2.12. The number of aryl methyl sites for hydroxylation is 1. The first-order chi connectivity index (χ1) is 10.7. The molecule has 2 aromatic carbocycles. The topological polar surface area (TPSA) is 50.4 Å². The summed E-state index contributed by atoms with van der Waals surface area (Å²) in [6, 6.07) is 13.9. The van der Waals surface area contributed by atoms with Gasteiger partial charge in [-0.05, 0) is 54.3 Å². The Balaban J connectivity index is 1.53. The molecule has 0 fully saturated rings. The molecule has 1 aliphatic rings. The molecule has 4 nitrogen and oxygen atoms in total. The van der Waals surface area contributed by atoms with Crippen LogP contribution in [0.2, 0.25) is 0 Å². The van der Waals surface area contributed by atoms with E-state index in [1.807, 2.05) is 36.4 Å². The number of carbonyl (C=O) groups is 1. The van der Waals surface area contributed by atoms with E-state index in [-0.39, 0.29) is 5.91 Å². The Morgan fingerprint density at radius 3 is 2.82 bits per heavy atom. The van der Waals surface area contributed by atoms with Gasteiger partial charge in [0.05, 0.1) is 7.11 Å². The van der Waals surface area contributed by atoms with E-state index in [0.29, 0.717) is 6.42 Å². The second kappa shape index (κ2) is 6.52. The van der Waals surface area contributed by atoms with Crippen molar-refractivity contribution in [3.8, 4) is 5.75 Å². The maximum absolute atomic E-state index is 12.1. The summed E-state index contributed by atoms with van der Waals surface area (Å²) < 4.78 is 5.13. The third-order valence-electron chi connectivity index (χ3n) is 3.90. The summed E-state index contributed by atoms with van der Waals surface area (Å²) in [6.45, 7) is 0.976. The zero-order valence-electron chi connectivity index (χ0n) is 12.7. The van der Waals surface area contributed by atoms with Crippen LogP contribution in [0.15, 0.2) is 42.5 Å². The molecule has 1 heterocycles. The van der Waals surface area contributed by atoms with Gasteiger partial charge >= 0.3 is 0 Å². The standard InChI is InChI=1S/C18H20N2O2/c1-22-16-6-2-13(3-7-16)4-9-18(21)20-15-5-8-17-14(12-15)10-11-19-17/h2-3,5-8,12,19H,4,9-11H2,1H3,(H,20,21). The first kappa shape index (κ1) is 14.4. The van der Waals surface area contributed by atoms with E-state index < -0.39 is 0 Å². The van der Waals surface area contributed by atoms with Crippen molar-refractivity contribution in [2.45, 2.75) is 19.3 Å². The van der Waals surface area contributed by atoms with Crippen LogP contribution in [0.1, 0.15) is 17.5 Å². The van der Waals surface area contributed by atoms with Crippen LogP contribution in [0.5, 0.6) is 5.75 Å². The molecule has 0 unspecified atom stereocenters. The lowest BCUT2D eigenvalue weighted by atomic mass is 10.1. The summed E-state index contributed by atoms with van der Waals surface area (Å²) in [5, 5.41) is 6.29. The number of methoxy groups -OCH3 is 1. The maximum Gasteiger partial charge on any atom is 0.224 e. The van der Waals surface area contributed by atoms with Crippen LogP contribution >= 0.6 is 0 Å². The van der Waals surface area contributed by atoms with Gasteiger partial charge < -0.3 is 15.4 Å². The van der Waals surface area contributed by atoms with Crippen molar-refractivity contribution >= 4 is 17.3 Å². The van der Waals surface area contributed by atoms with Crippen molar-refractivity contribution in [3.63, 3.8) is 0 Å². The molecule has 0 aromatic heterocycles. The van der Waals surface area contributed by atoms with Crippen LogP contribution in [0, 0.1) is 0 Å². The predicted molar refractivity (Wildman–Crippen MR) is 88.6 cm³/mol. The minimum Gasteiger partial charge on any atom is -0.497 e. The van der Waals surface area contributed by atoms with E-state index in [0.717, 1.165) is 36.4 Å². The van der Waals surface area contributed by atoms with Gasteiger partial charge in [-0.2, -0.15) is 0 Å². The number of amides is 1. The first-order valence-electron chi connectivity index (χ1n) is 7.54. The molecule has 3 rings (SSSR count). The van der Waals surface area contributed by atoms with Crippen molar-refractivity contribution in [1.82, 2.24) is 0 Å². The number of benzene rings is 2. The van der Waals surface area contributed by atoms with Crippen molar-refractivity contribution in [3.05, 3.63) is 53.6 Å². The molecule has 1 amide bonds. The zero-order chi connectivity index (χ0) is 15.4. The third-order valence-corrected chi connectivity index (χ3v) is 3.90. The molecule has 114 valence electrons. The highest BCUT2D eigenvalue weighted by Gasteiger charge is 2.11. The van der Waals surface area contributed by atoms with Crippen LogP contribution in [0.3, 0.4) is 0 Å². The molecule has 4 heteroatoms. The molecule has 0 bridgehead atoms. The lowest BCUT2D eigenvalue weighted by molar-refractivity contribution is -0.116. The summed E-state index contributed by atoms with van der Waals surface area (Å²) in [5.74, 6) is 0.877. The van der Waals surface area contributed by atoms with Crippen molar-refractivity contribution in [1.29, 1.82) is 0 Å². The van der Waals surface area contributed by atoms with Crippen LogP contribution < -0.4 is 15.4 Å². The summed E-state index contributed by atoms with van der Waals surface area (Å²) >= 11 is 0. The Labute approximate surface area is 130 Å². The Kier molecular flexibility index (Phi) is 4.28. The number of nitrogens with one attached hydrogen (secondary N) is 2. The van der Waals surface area contributed by atoms with Gasteiger partial charge in [-0.15, -0.1) is 0 Å². The van der Waals surface area contributed by atoms with Gasteiger partial charge in [0.25, 0.3) is 0 Å². The van der Waals surface area contributed by atoms with E-state index in [2.05, 4.69) is 16.7 Å². The average Bonchev–Trinajstić information content (AvgIpc) is 3.01. The number of hydrogen-bond acceptors (Lipinski definition) is 3. The number of rotatable bonds is 5. The maximum atomic E-state index is 12.1. The largest absolute Gasteiger partial charge is 0.497 e. The summed E-state index contributed by atoms with van der Waals surface area (Å²) in [7, 11) is 1.65. The highest BCUT2D eigenvalue weighted by molar-refractivity contribution is 5.91. The fourth-order valence-corrected chi connectivity index (χ4v) is 2.66. The molecule has 0 atom stereocenters. The van der Waals surface area contributed by atoms with E-state index in [9.17, 15) is 4.79 Å². The van der Waals surface area contributed by atoms with Crippen molar-refractivity contribution < 1.29 is 9.53 Å². The molecular formula is C18H20N2O2. The van der Waals surface area contributed by atoms with Gasteiger partial charge in [0.2, 0.25) is 5.91 Å². The van der Waals surface area contributed by atoms with Crippen LogP contribution in [0.4, 0.5) is 11.4 Å². The fraction of sp³-hybridized carbons (Fsp3) is 0.278. The number of anilines is 2. The van der Waals surface area contributed by atoms with Gasteiger partial charge in [-0.25, -0.2) is 0 Å². The van der Waals surface area contributed by atoms with Gasteiger partial charge in [0.15, 0.2) is 0 Å². The Morgan fingerprint density at radius 1 is 1.23 bits per heavy atom. The smallest absolute Gasteiger partial charge is 0.224 e. The first-order valence-corrected chi connectivity index (χ1v) is 7.54. The summed E-state index contributed by atoms with van der Waals surface area (Å²) in [6.07, 6.45) is 2.22. The fourth-order valence-electron chi connectivity index (χ4n) is 2.66. The lowest BCUT2D eigenvalue weighted by Gasteiger charge is -2.08. The molecule has 1 aliphatic heterocycles. The van der Waals surface area contributed by atoms with E-state index in [4.69, 9.17) is 4.74 Å². The second-order valence-electron chi connectivity index (χ2n) is 5.44. The molecule has 22 heavy (non-hydrogen) atoms. The SMILES string of the molecule is COc1ccc(CCC(=O)Nc2ccc3c(c2)CCN3)cc1. The van der Waals surface area contributed by atoms with Crippen molar-refractivity contribution in [2.75, 3.05) is 24.3 Å². The zero-order valence-corrected chi connectivity index (χ0v) is 12.7. The molecule has 0 radical (unpaired) electrons. The van der Waals surface area contributed by atoms with E-state index in [1.165, 1.54) is 11.3 Å². The number of carbonyl (C=O) groups excluding carboxylic acids is 1. The Hall–Kier alpha value is -2.49. The number of ether oxygens (including phenoxy) is 1. The van der Waals surface area contributed by atoms with Crippen molar-refractivity contribution in [2.24, 2.45) is 0 Å². The number of fused-ring (bicyclic) bond motifs is 1. The van der Waals surface area contributed by atoms with Crippen LogP contribution in [-0.2, 0) is 17.6 Å². The van der Waals surface area contributed by atoms with Crippen LogP contribution in [0.25, 0.3) is 0 Å². The van der Waals surface area contributed by atoms with Crippen LogP contribution in [-0.4, -0.2) is 19.6 Å². The number of hydrogen-bond donors (Lipinski definition) is 2. The van der Waals surface area contributed by atoms with Gasteiger partial charge in [0.1, 0.15) is 5.75 Å². The minimum absolute atomic E-state index is 0.0433. The normalized spacial score (nSPS) is 12.4. The van der Waals surface area contributed by atoms with Gasteiger partial charge in [-0.3, -0.25) is 4.79 Å². The molecule has 2 N–H and O–H groups in total. The average molecular weight is 296 g/mol. The molecular weight excluding hydrogens is 276 g/mol.